The minimum atomic E-state index is 0.0514. The van der Waals surface area contributed by atoms with E-state index in [9.17, 15) is 0 Å². The first-order valence-corrected chi connectivity index (χ1v) is 5.04. The molecule has 0 saturated carbocycles. The molecule has 1 atom stereocenters. The smallest absolute Gasteiger partial charge is 0.0480 e. The SMILES string of the molecule is COCCC(N)c1ccccc1Br. The van der Waals surface area contributed by atoms with E-state index in [0.717, 1.165) is 16.5 Å². The minimum Gasteiger partial charge on any atom is -0.385 e. The fourth-order valence-corrected chi connectivity index (χ4v) is 1.75. The van der Waals surface area contributed by atoms with Crippen LogP contribution in [0.3, 0.4) is 0 Å². The summed E-state index contributed by atoms with van der Waals surface area (Å²) in [6, 6.07) is 8.06. The van der Waals surface area contributed by atoms with Gasteiger partial charge in [0.2, 0.25) is 0 Å². The average Bonchev–Trinajstić information content (AvgIpc) is 2.15. The van der Waals surface area contributed by atoms with Crippen molar-refractivity contribution in [1.29, 1.82) is 0 Å². The number of ether oxygens (including phenoxy) is 1. The molecule has 0 aliphatic carbocycles. The molecule has 2 N–H and O–H groups in total. The van der Waals surface area contributed by atoms with Crippen LogP contribution in [0.25, 0.3) is 0 Å². The number of halogens is 1. The zero-order chi connectivity index (χ0) is 9.68. The van der Waals surface area contributed by atoms with E-state index in [4.69, 9.17) is 10.5 Å². The molecule has 0 heterocycles. The summed E-state index contributed by atoms with van der Waals surface area (Å²) >= 11 is 3.47. The first kappa shape index (κ1) is 10.7. The Morgan fingerprint density at radius 2 is 2.15 bits per heavy atom. The van der Waals surface area contributed by atoms with E-state index in [0.29, 0.717) is 6.61 Å². The summed E-state index contributed by atoms with van der Waals surface area (Å²) in [6.07, 6.45) is 0.846. The van der Waals surface area contributed by atoms with Gasteiger partial charge in [0.15, 0.2) is 0 Å². The van der Waals surface area contributed by atoms with E-state index in [-0.39, 0.29) is 6.04 Å². The highest BCUT2D eigenvalue weighted by atomic mass is 79.9. The summed E-state index contributed by atoms with van der Waals surface area (Å²) in [5, 5.41) is 0. The topological polar surface area (TPSA) is 35.2 Å². The molecule has 0 saturated heterocycles. The van der Waals surface area contributed by atoms with Crippen molar-refractivity contribution in [1.82, 2.24) is 0 Å². The van der Waals surface area contributed by atoms with Crippen LogP contribution in [0.2, 0.25) is 0 Å². The van der Waals surface area contributed by atoms with Crippen molar-refractivity contribution in [3.05, 3.63) is 34.3 Å². The number of methoxy groups -OCH3 is 1. The van der Waals surface area contributed by atoms with Gasteiger partial charge in [-0.25, -0.2) is 0 Å². The van der Waals surface area contributed by atoms with Crippen molar-refractivity contribution >= 4 is 15.9 Å². The molecule has 0 fully saturated rings. The van der Waals surface area contributed by atoms with Crippen molar-refractivity contribution in [2.45, 2.75) is 12.5 Å². The molecular formula is C10H14BrNO. The second-order valence-corrected chi connectivity index (χ2v) is 3.76. The summed E-state index contributed by atoms with van der Waals surface area (Å²) in [6.45, 7) is 0.697. The first-order chi connectivity index (χ1) is 6.25. The van der Waals surface area contributed by atoms with Crippen molar-refractivity contribution < 1.29 is 4.74 Å². The first-order valence-electron chi connectivity index (χ1n) is 4.24. The maximum absolute atomic E-state index is 5.97. The van der Waals surface area contributed by atoms with Gasteiger partial charge in [0.05, 0.1) is 0 Å². The van der Waals surface area contributed by atoms with Gasteiger partial charge in [0, 0.05) is 24.2 Å². The quantitative estimate of drug-likeness (QED) is 0.883. The average molecular weight is 244 g/mol. The van der Waals surface area contributed by atoms with Crippen LogP contribution in [-0.4, -0.2) is 13.7 Å². The largest absolute Gasteiger partial charge is 0.385 e. The molecule has 0 amide bonds. The lowest BCUT2D eigenvalue weighted by molar-refractivity contribution is 0.188. The van der Waals surface area contributed by atoms with Gasteiger partial charge in [-0.15, -0.1) is 0 Å². The summed E-state index contributed by atoms with van der Waals surface area (Å²) in [5.74, 6) is 0. The molecule has 3 heteroatoms. The molecule has 2 nitrogen and oxygen atoms in total. The van der Waals surface area contributed by atoms with Crippen LogP contribution in [0.4, 0.5) is 0 Å². The molecule has 72 valence electrons. The molecular weight excluding hydrogens is 230 g/mol. The molecule has 0 aliphatic rings. The molecule has 0 radical (unpaired) electrons. The second kappa shape index (κ2) is 5.37. The van der Waals surface area contributed by atoms with E-state index in [1.807, 2.05) is 24.3 Å². The van der Waals surface area contributed by atoms with Gasteiger partial charge in [-0.3, -0.25) is 0 Å². The summed E-state index contributed by atoms with van der Waals surface area (Å²) in [7, 11) is 1.69. The zero-order valence-electron chi connectivity index (χ0n) is 7.66. The molecule has 0 aliphatic heterocycles. The third kappa shape index (κ3) is 3.10. The lowest BCUT2D eigenvalue weighted by Crippen LogP contribution is -2.13. The number of hydrogen-bond donors (Lipinski definition) is 1. The highest BCUT2D eigenvalue weighted by molar-refractivity contribution is 9.10. The van der Waals surface area contributed by atoms with Gasteiger partial charge < -0.3 is 10.5 Å². The Labute approximate surface area is 87.2 Å². The molecule has 13 heavy (non-hydrogen) atoms. The van der Waals surface area contributed by atoms with Crippen LogP contribution in [0.15, 0.2) is 28.7 Å². The maximum atomic E-state index is 5.97. The molecule has 0 bridgehead atoms. The molecule has 1 aromatic carbocycles. The van der Waals surface area contributed by atoms with Gasteiger partial charge in [-0.05, 0) is 18.1 Å². The van der Waals surface area contributed by atoms with Crippen LogP contribution < -0.4 is 5.73 Å². The lowest BCUT2D eigenvalue weighted by Gasteiger charge is -2.12. The standard InChI is InChI=1S/C10H14BrNO/c1-13-7-6-10(12)8-4-2-3-5-9(8)11/h2-5,10H,6-7,12H2,1H3. The van der Waals surface area contributed by atoms with Crippen molar-refractivity contribution in [2.75, 3.05) is 13.7 Å². The third-order valence-electron chi connectivity index (χ3n) is 1.94. The van der Waals surface area contributed by atoms with E-state index in [1.54, 1.807) is 7.11 Å². The predicted molar refractivity (Wildman–Crippen MR) is 57.6 cm³/mol. The van der Waals surface area contributed by atoms with Gasteiger partial charge in [-0.2, -0.15) is 0 Å². The Kier molecular flexibility index (Phi) is 4.42. The van der Waals surface area contributed by atoms with Crippen molar-refractivity contribution in [2.24, 2.45) is 5.73 Å². The summed E-state index contributed by atoms with van der Waals surface area (Å²) in [4.78, 5) is 0. The maximum Gasteiger partial charge on any atom is 0.0480 e. The van der Waals surface area contributed by atoms with E-state index in [1.165, 1.54) is 0 Å². The normalized spacial score (nSPS) is 12.8. The Morgan fingerprint density at radius 3 is 2.77 bits per heavy atom. The van der Waals surface area contributed by atoms with E-state index in [2.05, 4.69) is 15.9 Å². The Balaban J connectivity index is 2.65. The fraction of sp³-hybridized carbons (Fsp3) is 0.400. The van der Waals surface area contributed by atoms with E-state index >= 15 is 0 Å². The van der Waals surface area contributed by atoms with Crippen LogP contribution in [0.1, 0.15) is 18.0 Å². The van der Waals surface area contributed by atoms with Gasteiger partial charge in [-0.1, -0.05) is 34.1 Å². The van der Waals surface area contributed by atoms with Gasteiger partial charge in [0.1, 0.15) is 0 Å². The van der Waals surface area contributed by atoms with Crippen LogP contribution in [-0.2, 0) is 4.74 Å². The molecule has 0 spiro atoms. The number of benzene rings is 1. The van der Waals surface area contributed by atoms with Crippen LogP contribution in [0.5, 0.6) is 0 Å². The second-order valence-electron chi connectivity index (χ2n) is 2.91. The van der Waals surface area contributed by atoms with Crippen molar-refractivity contribution in [3.63, 3.8) is 0 Å². The highest BCUT2D eigenvalue weighted by Crippen LogP contribution is 2.23. The summed E-state index contributed by atoms with van der Waals surface area (Å²) in [5.41, 5.74) is 7.11. The number of rotatable bonds is 4. The highest BCUT2D eigenvalue weighted by Gasteiger charge is 2.07. The molecule has 1 unspecified atom stereocenters. The van der Waals surface area contributed by atoms with Crippen LogP contribution in [0, 0.1) is 0 Å². The lowest BCUT2D eigenvalue weighted by atomic mass is 10.1. The summed E-state index contributed by atoms with van der Waals surface area (Å²) < 4.78 is 6.05. The molecule has 1 aromatic rings. The molecule has 0 aromatic heterocycles. The minimum absolute atomic E-state index is 0.0514. The predicted octanol–water partition coefficient (Wildman–Crippen LogP) is 2.49. The Morgan fingerprint density at radius 1 is 1.46 bits per heavy atom. The van der Waals surface area contributed by atoms with E-state index < -0.39 is 0 Å². The number of hydrogen-bond acceptors (Lipinski definition) is 2. The monoisotopic (exact) mass is 243 g/mol. The molecule has 1 rings (SSSR count). The Bertz CT molecular complexity index is 265. The van der Waals surface area contributed by atoms with Crippen molar-refractivity contribution in [3.8, 4) is 0 Å². The zero-order valence-corrected chi connectivity index (χ0v) is 9.25. The van der Waals surface area contributed by atoms with Crippen LogP contribution >= 0.6 is 15.9 Å². The van der Waals surface area contributed by atoms with Gasteiger partial charge in [0.25, 0.3) is 0 Å². The third-order valence-corrected chi connectivity index (χ3v) is 2.66. The van der Waals surface area contributed by atoms with Gasteiger partial charge >= 0.3 is 0 Å². The Hall–Kier alpha value is -0.380. The number of nitrogens with two attached hydrogens (primary N) is 1. The fourth-order valence-electron chi connectivity index (χ4n) is 1.18.